The van der Waals surface area contributed by atoms with Gasteiger partial charge in [0.15, 0.2) is 11.4 Å². The highest BCUT2D eigenvalue weighted by Gasteiger charge is 2.10. The van der Waals surface area contributed by atoms with Crippen molar-refractivity contribution < 1.29 is 0 Å². The Balaban J connectivity index is 2.62. The number of fused-ring (bicyclic) bond motifs is 1. The first-order valence-electron chi connectivity index (χ1n) is 5.06. The normalized spacial score (nSPS) is 11.6. The van der Waals surface area contributed by atoms with Gasteiger partial charge in [0.05, 0.1) is 11.2 Å². The average molecular weight is 324 g/mol. The molecule has 0 atom stereocenters. The van der Waals surface area contributed by atoms with Crippen molar-refractivity contribution in [3.8, 4) is 6.19 Å². The summed E-state index contributed by atoms with van der Waals surface area (Å²) < 4.78 is 2.55. The van der Waals surface area contributed by atoms with Gasteiger partial charge < -0.3 is 0 Å². The first-order chi connectivity index (χ1) is 8.67. The van der Waals surface area contributed by atoms with Crippen LogP contribution in [0.25, 0.3) is 10.9 Å². The lowest BCUT2D eigenvalue weighted by Crippen LogP contribution is -2.12. The van der Waals surface area contributed by atoms with E-state index in [9.17, 15) is 0 Å². The zero-order valence-corrected chi connectivity index (χ0v) is 12.2. The van der Waals surface area contributed by atoms with Gasteiger partial charge in [0.2, 0.25) is 0 Å². The van der Waals surface area contributed by atoms with E-state index in [0.717, 1.165) is 21.2 Å². The van der Waals surface area contributed by atoms with Gasteiger partial charge in [-0.3, -0.25) is 10.00 Å². The van der Waals surface area contributed by atoms with E-state index in [0.29, 0.717) is 5.17 Å². The molecule has 0 aliphatic heterocycles. The van der Waals surface area contributed by atoms with Crippen LogP contribution in [-0.2, 0) is 7.05 Å². The Hall–Kier alpha value is -1.52. The van der Waals surface area contributed by atoms with E-state index in [-0.39, 0.29) is 0 Å². The van der Waals surface area contributed by atoms with Gasteiger partial charge in [-0.25, -0.2) is 4.99 Å². The molecule has 0 aliphatic rings. The molecule has 0 saturated heterocycles. The summed E-state index contributed by atoms with van der Waals surface area (Å²) in [5.74, 6) is 0. The molecule has 0 spiro atoms. The number of benzene rings is 1. The molecule has 1 N–H and O–H groups in total. The SMILES string of the molecule is CSC(=Nc1cccc2c(Br)nn(C)c12)NC#N. The summed E-state index contributed by atoms with van der Waals surface area (Å²) in [6, 6.07) is 5.78. The van der Waals surface area contributed by atoms with Crippen molar-refractivity contribution in [2.24, 2.45) is 12.0 Å². The molecule has 0 saturated carbocycles. The summed E-state index contributed by atoms with van der Waals surface area (Å²) in [6.45, 7) is 0. The number of thioether (sulfide) groups is 1. The van der Waals surface area contributed by atoms with Crippen LogP contribution in [0.4, 0.5) is 5.69 Å². The van der Waals surface area contributed by atoms with Crippen molar-refractivity contribution in [1.29, 1.82) is 5.26 Å². The summed E-state index contributed by atoms with van der Waals surface area (Å²) in [6.07, 6.45) is 3.74. The topological polar surface area (TPSA) is 66.0 Å². The monoisotopic (exact) mass is 323 g/mol. The lowest BCUT2D eigenvalue weighted by Gasteiger charge is -2.02. The molecule has 0 amide bonds. The number of nitrogens with one attached hydrogen (secondary N) is 1. The standard InChI is InChI=1S/C11H10BrN5S/c1-17-9-7(10(12)16-17)4-3-5-8(9)15-11(18-2)14-6-13/h3-5H,1-2H3,(H,14,15). The van der Waals surface area contributed by atoms with Crippen LogP contribution >= 0.6 is 27.7 Å². The smallest absolute Gasteiger partial charge is 0.183 e. The number of halogens is 1. The molecule has 92 valence electrons. The number of aliphatic imine (C=N–C) groups is 1. The number of rotatable bonds is 1. The number of nitrogens with zero attached hydrogens (tertiary/aromatic N) is 4. The van der Waals surface area contributed by atoms with Gasteiger partial charge >= 0.3 is 0 Å². The summed E-state index contributed by atoms with van der Waals surface area (Å²) in [5, 5.41) is 17.0. The Morgan fingerprint density at radius 2 is 2.39 bits per heavy atom. The predicted octanol–water partition coefficient (Wildman–Crippen LogP) is 2.76. The van der Waals surface area contributed by atoms with E-state index in [1.807, 2.05) is 37.7 Å². The Morgan fingerprint density at radius 3 is 3.06 bits per heavy atom. The minimum Gasteiger partial charge on any atom is -0.271 e. The van der Waals surface area contributed by atoms with Gasteiger partial charge in [0, 0.05) is 12.4 Å². The van der Waals surface area contributed by atoms with Crippen LogP contribution in [0.3, 0.4) is 0 Å². The maximum Gasteiger partial charge on any atom is 0.183 e. The lowest BCUT2D eigenvalue weighted by molar-refractivity contribution is 0.788. The number of para-hydroxylation sites is 1. The van der Waals surface area contributed by atoms with Gasteiger partial charge in [0.25, 0.3) is 0 Å². The second-order valence-corrected chi connectivity index (χ2v) is 4.99. The molecular weight excluding hydrogens is 314 g/mol. The summed E-state index contributed by atoms with van der Waals surface area (Å²) >= 11 is 4.80. The number of aryl methyl sites for hydroxylation is 1. The third kappa shape index (κ3) is 2.35. The van der Waals surface area contributed by atoms with Crippen molar-refractivity contribution in [2.75, 3.05) is 6.26 Å². The number of nitriles is 1. The maximum atomic E-state index is 8.64. The highest BCUT2D eigenvalue weighted by Crippen LogP contribution is 2.30. The Bertz CT molecular complexity index is 655. The predicted molar refractivity (Wildman–Crippen MR) is 77.8 cm³/mol. The zero-order valence-electron chi connectivity index (χ0n) is 9.81. The highest BCUT2D eigenvalue weighted by atomic mass is 79.9. The van der Waals surface area contributed by atoms with Gasteiger partial charge in [0.1, 0.15) is 4.60 Å². The molecule has 18 heavy (non-hydrogen) atoms. The average Bonchev–Trinajstić information content (AvgIpc) is 2.65. The van der Waals surface area contributed by atoms with Gasteiger partial charge in [-0.05, 0) is 34.3 Å². The van der Waals surface area contributed by atoms with E-state index in [1.54, 1.807) is 4.68 Å². The van der Waals surface area contributed by atoms with E-state index >= 15 is 0 Å². The number of hydrogen-bond acceptors (Lipinski definition) is 4. The number of hydrogen-bond donors (Lipinski definition) is 1. The second kappa shape index (κ2) is 5.42. The quantitative estimate of drug-likeness (QED) is 0.379. The van der Waals surface area contributed by atoms with E-state index < -0.39 is 0 Å². The number of amidine groups is 1. The van der Waals surface area contributed by atoms with Crippen molar-refractivity contribution >= 4 is 49.4 Å². The molecule has 0 radical (unpaired) electrons. The fourth-order valence-electron chi connectivity index (χ4n) is 1.65. The highest BCUT2D eigenvalue weighted by molar-refractivity contribution is 9.10. The molecule has 0 bridgehead atoms. The maximum absolute atomic E-state index is 8.64. The molecule has 5 nitrogen and oxygen atoms in total. The molecule has 1 heterocycles. The fourth-order valence-corrected chi connectivity index (χ4v) is 2.54. The molecule has 7 heteroatoms. The molecule has 1 aromatic heterocycles. The third-order valence-corrected chi connectivity index (χ3v) is 3.54. The van der Waals surface area contributed by atoms with Crippen molar-refractivity contribution in [3.05, 3.63) is 22.8 Å². The van der Waals surface area contributed by atoms with Crippen LogP contribution in [0.5, 0.6) is 0 Å². The first-order valence-corrected chi connectivity index (χ1v) is 7.08. The largest absolute Gasteiger partial charge is 0.271 e. The Kier molecular flexibility index (Phi) is 3.89. The van der Waals surface area contributed by atoms with E-state index in [4.69, 9.17) is 5.26 Å². The number of aromatic nitrogens is 2. The Labute approximate surface area is 117 Å². The third-order valence-electron chi connectivity index (χ3n) is 2.38. The first kappa shape index (κ1) is 12.9. The van der Waals surface area contributed by atoms with Crippen molar-refractivity contribution in [2.45, 2.75) is 0 Å². The van der Waals surface area contributed by atoms with Crippen LogP contribution in [0.1, 0.15) is 0 Å². The van der Waals surface area contributed by atoms with Gasteiger partial charge in [-0.2, -0.15) is 10.4 Å². The molecule has 0 aliphatic carbocycles. The second-order valence-electron chi connectivity index (χ2n) is 3.45. The minimum atomic E-state index is 0.558. The summed E-state index contributed by atoms with van der Waals surface area (Å²) in [5.41, 5.74) is 1.70. The van der Waals surface area contributed by atoms with Gasteiger partial charge in [-0.1, -0.05) is 17.8 Å². The van der Waals surface area contributed by atoms with Crippen molar-refractivity contribution in [3.63, 3.8) is 0 Å². The van der Waals surface area contributed by atoms with Crippen LogP contribution in [-0.4, -0.2) is 21.2 Å². The van der Waals surface area contributed by atoms with Crippen LogP contribution in [0.15, 0.2) is 27.8 Å². The molecule has 0 fully saturated rings. The molecule has 1 aromatic carbocycles. The van der Waals surface area contributed by atoms with E-state index in [2.05, 4.69) is 31.3 Å². The van der Waals surface area contributed by atoms with Crippen LogP contribution in [0.2, 0.25) is 0 Å². The summed E-state index contributed by atoms with van der Waals surface area (Å²) in [4.78, 5) is 4.43. The van der Waals surface area contributed by atoms with Gasteiger partial charge in [-0.15, -0.1) is 0 Å². The van der Waals surface area contributed by atoms with Crippen LogP contribution < -0.4 is 5.32 Å². The molecule has 2 aromatic rings. The van der Waals surface area contributed by atoms with E-state index in [1.165, 1.54) is 11.8 Å². The molecular formula is C11H10BrN5S. The Morgan fingerprint density at radius 1 is 1.61 bits per heavy atom. The minimum absolute atomic E-state index is 0.558. The van der Waals surface area contributed by atoms with Crippen molar-refractivity contribution in [1.82, 2.24) is 15.1 Å². The fraction of sp³-hybridized carbons (Fsp3) is 0.182. The molecule has 0 unspecified atom stereocenters. The van der Waals surface area contributed by atoms with Crippen LogP contribution in [0, 0.1) is 11.5 Å². The lowest BCUT2D eigenvalue weighted by atomic mass is 10.2. The zero-order chi connectivity index (χ0) is 13.1. The summed E-state index contributed by atoms with van der Waals surface area (Å²) in [7, 11) is 1.86. The molecule has 2 rings (SSSR count).